The Labute approximate surface area is 126 Å². The largest absolute Gasteiger partial charge is 0.354 e. The van der Waals surface area contributed by atoms with Gasteiger partial charge in [-0.15, -0.1) is 0 Å². The van der Waals surface area contributed by atoms with Crippen LogP contribution in [-0.2, 0) is 0 Å². The van der Waals surface area contributed by atoms with E-state index >= 15 is 0 Å². The van der Waals surface area contributed by atoms with E-state index in [1.165, 1.54) is 17.3 Å². The lowest BCUT2D eigenvalue weighted by Gasteiger charge is -2.08. The smallest absolute Gasteiger partial charge is 0.257 e. The maximum Gasteiger partial charge on any atom is 0.257 e. The van der Waals surface area contributed by atoms with Crippen LogP contribution in [0.15, 0.2) is 36.9 Å². The van der Waals surface area contributed by atoms with Crippen molar-refractivity contribution in [3.63, 3.8) is 0 Å². The van der Waals surface area contributed by atoms with Gasteiger partial charge in [0.25, 0.3) is 5.95 Å². The van der Waals surface area contributed by atoms with Crippen molar-refractivity contribution in [3.05, 3.63) is 41.9 Å². The molecule has 0 amide bonds. The first-order valence-corrected chi connectivity index (χ1v) is 6.75. The molecule has 0 aliphatic heterocycles. The predicted octanol–water partition coefficient (Wildman–Crippen LogP) is 2.20. The van der Waals surface area contributed by atoms with Gasteiger partial charge in [-0.2, -0.15) is 24.7 Å². The Bertz CT molecular complexity index is 742. The summed E-state index contributed by atoms with van der Waals surface area (Å²) in [4.78, 5) is 17.0. The van der Waals surface area contributed by atoms with E-state index in [-0.39, 0.29) is 0 Å². The van der Waals surface area contributed by atoms with E-state index in [0.29, 0.717) is 29.3 Å². The highest BCUT2D eigenvalue weighted by Crippen LogP contribution is 2.25. The van der Waals surface area contributed by atoms with Crippen molar-refractivity contribution in [1.82, 2.24) is 29.7 Å². The molecule has 7 nitrogen and oxygen atoms in total. The normalized spacial score (nSPS) is 10.6. The van der Waals surface area contributed by atoms with E-state index < -0.39 is 0 Å². The van der Waals surface area contributed by atoms with Crippen LogP contribution in [0.4, 0.5) is 5.95 Å². The molecule has 0 radical (unpaired) electrons. The van der Waals surface area contributed by atoms with Crippen molar-refractivity contribution in [2.45, 2.75) is 6.92 Å². The van der Waals surface area contributed by atoms with Crippen molar-refractivity contribution in [2.75, 3.05) is 11.9 Å². The van der Waals surface area contributed by atoms with Crippen molar-refractivity contribution in [1.29, 1.82) is 0 Å². The SMILES string of the molecule is CCNc1nc(-c2ccccc2Cl)nc(-n2cncn2)n1. The summed E-state index contributed by atoms with van der Waals surface area (Å²) >= 11 is 6.21. The lowest BCUT2D eigenvalue weighted by Crippen LogP contribution is -2.10. The van der Waals surface area contributed by atoms with Gasteiger partial charge >= 0.3 is 0 Å². The molecule has 0 aliphatic carbocycles. The molecule has 0 fully saturated rings. The second-order valence-corrected chi connectivity index (χ2v) is 4.54. The standard InChI is InChI=1S/C13H12ClN7/c1-2-16-12-18-11(9-5-3-4-6-10(9)14)19-13(20-12)21-8-15-7-17-21/h3-8H,2H2,1H3,(H,16,18,19,20). The lowest BCUT2D eigenvalue weighted by atomic mass is 10.2. The Morgan fingerprint density at radius 3 is 2.76 bits per heavy atom. The van der Waals surface area contributed by atoms with E-state index in [0.717, 1.165) is 5.56 Å². The zero-order valence-corrected chi connectivity index (χ0v) is 12.0. The molecule has 0 bridgehead atoms. The number of rotatable bonds is 4. The first kappa shape index (κ1) is 13.4. The molecule has 0 saturated heterocycles. The van der Waals surface area contributed by atoms with E-state index in [1.807, 2.05) is 25.1 Å². The fraction of sp³-hybridized carbons (Fsp3) is 0.154. The Hall–Kier alpha value is -2.54. The van der Waals surface area contributed by atoms with E-state index in [9.17, 15) is 0 Å². The van der Waals surface area contributed by atoms with Gasteiger partial charge < -0.3 is 5.32 Å². The lowest BCUT2D eigenvalue weighted by molar-refractivity contribution is 0.796. The Balaban J connectivity index is 2.14. The summed E-state index contributed by atoms with van der Waals surface area (Å²) in [7, 11) is 0. The predicted molar refractivity (Wildman–Crippen MR) is 79.4 cm³/mol. The van der Waals surface area contributed by atoms with Crippen LogP contribution < -0.4 is 5.32 Å². The van der Waals surface area contributed by atoms with Gasteiger partial charge in [0.05, 0.1) is 5.02 Å². The van der Waals surface area contributed by atoms with Crippen molar-refractivity contribution in [2.24, 2.45) is 0 Å². The Kier molecular flexibility index (Phi) is 3.74. The summed E-state index contributed by atoms with van der Waals surface area (Å²) in [6, 6.07) is 7.39. The van der Waals surface area contributed by atoms with Crippen molar-refractivity contribution >= 4 is 17.5 Å². The number of nitrogens with one attached hydrogen (secondary N) is 1. The summed E-state index contributed by atoms with van der Waals surface area (Å²) in [5, 5.41) is 7.69. The number of hydrogen-bond acceptors (Lipinski definition) is 6. The molecule has 106 valence electrons. The highest BCUT2D eigenvalue weighted by atomic mass is 35.5. The monoisotopic (exact) mass is 301 g/mol. The number of nitrogens with zero attached hydrogens (tertiary/aromatic N) is 6. The quantitative estimate of drug-likeness (QED) is 0.795. The summed E-state index contributed by atoms with van der Waals surface area (Å²) in [5.74, 6) is 1.33. The zero-order chi connectivity index (χ0) is 14.7. The maximum absolute atomic E-state index is 6.21. The Morgan fingerprint density at radius 2 is 2.05 bits per heavy atom. The van der Waals surface area contributed by atoms with Crippen LogP contribution in [0.2, 0.25) is 5.02 Å². The molecule has 21 heavy (non-hydrogen) atoms. The van der Waals surface area contributed by atoms with Gasteiger partial charge in [-0.25, -0.2) is 4.98 Å². The molecule has 0 saturated carbocycles. The molecular formula is C13H12ClN7. The van der Waals surface area contributed by atoms with Crippen LogP contribution in [0.1, 0.15) is 6.92 Å². The molecule has 2 aromatic heterocycles. The number of aromatic nitrogens is 6. The van der Waals surface area contributed by atoms with Crippen LogP contribution in [0.25, 0.3) is 17.3 Å². The second-order valence-electron chi connectivity index (χ2n) is 4.13. The van der Waals surface area contributed by atoms with Crippen LogP contribution in [0.3, 0.4) is 0 Å². The van der Waals surface area contributed by atoms with E-state index in [2.05, 4.69) is 30.4 Å². The topological polar surface area (TPSA) is 81.4 Å². The fourth-order valence-corrected chi connectivity index (χ4v) is 2.00. The summed E-state index contributed by atoms with van der Waals surface area (Å²) in [6.45, 7) is 2.66. The van der Waals surface area contributed by atoms with E-state index in [4.69, 9.17) is 11.6 Å². The molecule has 0 atom stereocenters. The highest BCUT2D eigenvalue weighted by Gasteiger charge is 2.12. The average Bonchev–Trinajstić information content (AvgIpc) is 3.02. The molecule has 1 N–H and O–H groups in total. The first-order valence-electron chi connectivity index (χ1n) is 6.38. The van der Waals surface area contributed by atoms with Gasteiger partial charge in [0.1, 0.15) is 12.7 Å². The maximum atomic E-state index is 6.21. The number of hydrogen-bond donors (Lipinski definition) is 1. The third-order valence-corrected chi connectivity index (χ3v) is 3.03. The first-order chi connectivity index (χ1) is 10.3. The van der Waals surface area contributed by atoms with Crippen molar-refractivity contribution < 1.29 is 0 Å². The van der Waals surface area contributed by atoms with Crippen molar-refractivity contribution in [3.8, 4) is 17.3 Å². The van der Waals surface area contributed by atoms with Gasteiger partial charge in [-0.05, 0) is 19.1 Å². The van der Waals surface area contributed by atoms with Gasteiger partial charge in [0.15, 0.2) is 5.82 Å². The minimum absolute atomic E-state index is 0.383. The van der Waals surface area contributed by atoms with Crippen LogP contribution >= 0.6 is 11.6 Å². The minimum Gasteiger partial charge on any atom is -0.354 e. The molecule has 2 heterocycles. The van der Waals surface area contributed by atoms with Crippen LogP contribution in [-0.4, -0.2) is 36.3 Å². The van der Waals surface area contributed by atoms with Gasteiger partial charge in [-0.1, -0.05) is 23.7 Å². The summed E-state index contributed by atoms with van der Waals surface area (Å²) < 4.78 is 1.48. The number of halogens is 1. The number of anilines is 1. The fourth-order valence-electron chi connectivity index (χ4n) is 1.78. The highest BCUT2D eigenvalue weighted by molar-refractivity contribution is 6.33. The second kappa shape index (κ2) is 5.84. The average molecular weight is 302 g/mol. The third kappa shape index (κ3) is 2.82. The molecule has 8 heteroatoms. The van der Waals surface area contributed by atoms with Crippen LogP contribution in [0.5, 0.6) is 0 Å². The zero-order valence-electron chi connectivity index (χ0n) is 11.2. The summed E-state index contributed by atoms with van der Waals surface area (Å²) in [5.41, 5.74) is 0.738. The van der Waals surface area contributed by atoms with Crippen LogP contribution in [0, 0.1) is 0 Å². The minimum atomic E-state index is 0.383. The molecule has 0 unspecified atom stereocenters. The van der Waals surface area contributed by atoms with Gasteiger partial charge in [0.2, 0.25) is 5.95 Å². The summed E-state index contributed by atoms with van der Waals surface area (Å²) in [6.07, 6.45) is 2.95. The molecular weight excluding hydrogens is 290 g/mol. The third-order valence-electron chi connectivity index (χ3n) is 2.70. The van der Waals surface area contributed by atoms with Gasteiger partial charge in [0, 0.05) is 12.1 Å². The Morgan fingerprint density at radius 1 is 1.19 bits per heavy atom. The molecule has 1 aromatic carbocycles. The molecule has 0 spiro atoms. The number of benzene rings is 1. The van der Waals surface area contributed by atoms with Gasteiger partial charge in [-0.3, -0.25) is 0 Å². The van der Waals surface area contributed by atoms with E-state index in [1.54, 1.807) is 6.07 Å². The molecule has 0 aliphatic rings. The molecule has 3 rings (SSSR count). The molecule has 3 aromatic rings.